The van der Waals surface area contributed by atoms with E-state index >= 15 is 0 Å². The first-order valence-electron chi connectivity index (χ1n) is 14.3. The predicted molar refractivity (Wildman–Crippen MR) is 153 cm³/mol. The van der Waals surface area contributed by atoms with Gasteiger partial charge in [-0.05, 0) is 85.5 Å². The van der Waals surface area contributed by atoms with E-state index < -0.39 is 0 Å². The van der Waals surface area contributed by atoms with Gasteiger partial charge in [0.2, 0.25) is 0 Å². The highest BCUT2D eigenvalue weighted by atomic mass is 16.5. The van der Waals surface area contributed by atoms with Crippen LogP contribution in [-0.4, -0.2) is 78.6 Å². The number of nitrogens with zero attached hydrogens (tertiary/aromatic N) is 3. The molecule has 1 aromatic heterocycles. The average molecular weight is 517 g/mol. The summed E-state index contributed by atoms with van der Waals surface area (Å²) in [4.78, 5) is 15.5. The summed E-state index contributed by atoms with van der Waals surface area (Å²) >= 11 is 0. The molecule has 202 valence electrons. The Morgan fingerprint density at radius 1 is 1.18 bits per heavy atom. The molecule has 0 saturated carbocycles. The van der Waals surface area contributed by atoms with Crippen molar-refractivity contribution in [2.45, 2.75) is 69.9 Å². The molecule has 7 heteroatoms. The smallest absolute Gasteiger partial charge is 0.141 e. The van der Waals surface area contributed by atoms with E-state index in [1.54, 1.807) is 6.34 Å². The fourth-order valence-corrected chi connectivity index (χ4v) is 6.38. The monoisotopic (exact) mass is 516 g/mol. The van der Waals surface area contributed by atoms with Gasteiger partial charge in [0.1, 0.15) is 18.7 Å². The zero-order valence-electron chi connectivity index (χ0n) is 22.7. The molecule has 2 aromatic rings. The highest BCUT2D eigenvalue weighted by Gasteiger charge is 2.30. The number of rotatable bonds is 7. The van der Waals surface area contributed by atoms with E-state index in [2.05, 4.69) is 64.1 Å². The van der Waals surface area contributed by atoms with E-state index in [4.69, 9.17) is 9.47 Å². The maximum atomic E-state index is 9.44. The van der Waals surface area contributed by atoms with Crippen LogP contribution in [0.25, 0.3) is 16.5 Å². The van der Waals surface area contributed by atoms with Crippen molar-refractivity contribution >= 4 is 28.5 Å². The van der Waals surface area contributed by atoms with E-state index in [9.17, 15) is 5.11 Å². The van der Waals surface area contributed by atoms with Crippen LogP contribution in [0.3, 0.4) is 0 Å². The number of hydrogen-bond donors (Lipinski definition) is 2. The van der Waals surface area contributed by atoms with Gasteiger partial charge in [-0.2, -0.15) is 0 Å². The molecule has 2 saturated heterocycles. The standard InChI is InChI=1S/C31H40N4O3/c1-20(2)30-26-14-22(21-8-10-35(11-9-21)25-17-37-18-25)6-7-27(26)34-31(30)23-4-3-5-24-16-28(33-19-32-24)29(15-23)38-13-12-36/h4,6-7,14-15,19-21,24-25,34,36H,3,5,8-13,16-18H2,1-2H3/b23-4+,29-15+. The first-order chi connectivity index (χ1) is 18.6. The predicted octanol–water partition coefficient (Wildman–Crippen LogP) is 5.18. The number of likely N-dealkylation sites (tertiary alicyclic amines) is 1. The molecule has 2 bridgehead atoms. The van der Waals surface area contributed by atoms with Crippen LogP contribution in [0.15, 0.2) is 46.1 Å². The zero-order chi connectivity index (χ0) is 26.1. The molecule has 1 aliphatic carbocycles. The molecule has 7 nitrogen and oxygen atoms in total. The van der Waals surface area contributed by atoms with Gasteiger partial charge in [0.25, 0.3) is 0 Å². The van der Waals surface area contributed by atoms with E-state index in [1.807, 2.05) is 0 Å². The normalized spacial score (nSPS) is 26.1. The third-order valence-electron chi connectivity index (χ3n) is 8.57. The maximum absolute atomic E-state index is 9.44. The van der Waals surface area contributed by atoms with Gasteiger partial charge < -0.3 is 19.6 Å². The van der Waals surface area contributed by atoms with Gasteiger partial charge >= 0.3 is 0 Å². The fourth-order valence-electron chi connectivity index (χ4n) is 6.38. The molecular formula is C31H40N4O3. The lowest BCUT2D eigenvalue weighted by atomic mass is 9.87. The van der Waals surface area contributed by atoms with Gasteiger partial charge in [-0.25, -0.2) is 4.99 Å². The second kappa shape index (κ2) is 11.2. The molecule has 3 aliphatic heterocycles. The molecule has 1 aromatic carbocycles. The average Bonchev–Trinajstić information content (AvgIpc) is 3.30. The molecule has 1 atom stereocenters. The van der Waals surface area contributed by atoms with Gasteiger partial charge in [0, 0.05) is 23.0 Å². The first-order valence-corrected chi connectivity index (χ1v) is 14.3. The van der Waals surface area contributed by atoms with Gasteiger partial charge in [-0.1, -0.05) is 26.0 Å². The third kappa shape index (κ3) is 5.12. The minimum atomic E-state index is -0.0268. The number of nitrogens with one attached hydrogen (secondary N) is 1. The molecule has 0 radical (unpaired) electrons. The van der Waals surface area contributed by atoms with Crippen LogP contribution in [0, 0.1) is 0 Å². The Hall–Kier alpha value is -2.74. The topological polar surface area (TPSA) is 82.4 Å². The van der Waals surface area contributed by atoms with Crippen molar-refractivity contribution < 1.29 is 14.6 Å². The number of benzene rings is 1. The number of hydrogen-bond acceptors (Lipinski definition) is 6. The summed E-state index contributed by atoms with van der Waals surface area (Å²) in [7, 11) is 0. The van der Waals surface area contributed by atoms with Crippen LogP contribution >= 0.6 is 0 Å². The fraction of sp³-hybridized carbons (Fsp3) is 0.548. The lowest BCUT2D eigenvalue weighted by molar-refractivity contribution is -0.0712. The molecular weight excluding hydrogens is 476 g/mol. The second-order valence-corrected chi connectivity index (χ2v) is 11.4. The molecule has 2 N–H and O–H groups in total. The molecule has 4 aliphatic rings. The number of fused-ring (bicyclic) bond motifs is 3. The molecule has 1 unspecified atom stereocenters. The molecule has 6 rings (SSSR count). The van der Waals surface area contributed by atoms with Gasteiger partial charge in [-0.3, -0.25) is 9.89 Å². The SMILES string of the molecule is CC(C)c1c(C2=C/CCC3CC(=NC=N3)/C(OCCO)=C\2)[nH]c2ccc(C3CCN(C4COC4)CC3)cc12. The summed E-state index contributed by atoms with van der Waals surface area (Å²) in [5.41, 5.74) is 7.20. The van der Waals surface area contributed by atoms with E-state index in [-0.39, 0.29) is 19.3 Å². The minimum absolute atomic E-state index is 0.0268. The van der Waals surface area contributed by atoms with Crippen LogP contribution in [0.2, 0.25) is 0 Å². The molecule has 38 heavy (non-hydrogen) atoms. The minimum Gasteiger partial charge on any atom is -0.489 e. The van der Waals surface area contributed by atoms with Crippen molar-refractivity contribution in [2.75, 3.05) is 39.5 Å². The number of piperidine rings is 1. The molecule has 2 fully saturated rings. The maximum Gasteiger partial charge on any atom is 0.141 e. The number of aliphatic imine (C=N–C) groups is 2. The van der Waals surface area contributed by atoms with Crippen molar-refractivity contribution in [1.29, 1.82) is 0 Å². The lowest BCUT2D eigenvalue weighted by Gasteiger charge is -2.41. The number of allylic oxidation sites excluding steroid dienone is 4. The Bertz CT molecular complexity index is 1280. The molecule has 0 spiro atoms. The Kier molecular flexibility index (Phi) is 7.50. The molecule has 4 heterocycles. The van der Waals surface area contributed by atoms with Crippen LogP contribution in [-0.2, 0) is 9.47 Å². The van der Waals surface area contributed by atoms with Crippen molar-refractivity contribution in [1.82, 2.24) is 9.88 Å². The number of aromatic nitrogens is 1. The quantitative estimate of drug-likeness (QED) is 0.531. The third-order valence-corrected chi connectivity index (χ3v) is 8.57. The Morgan fingerprint density at radius 3 is 2.76 bits per heavy atom. The number of ether oxygens (including phenoxy) is 2. The largest absolute Gasteiger partial charge is 0.489 e. The highest BCUT2D eigenvalue weighted by molar-refractivity contribution is 6.05. The Morgan fingerprint density at radius 2 is 2.03 bits per heavy atom. The van der Waals surface area contributed by atoms with Crippen molar-refractivity contribution in [2.24, 2.45) is 9.98 Å². The number of H-pyrrole nitrogens is 1. The van der Waals surface area contributed by atoms with Crippen molar-refractivity contribution in [3.8, 4) is 0 Å². The second-order valence-electron chi connectivity index (χ2n) is 11.4. The van der Waals surface area contributed by atoms with E-state index in [1.165, 1.54) is 34.9 Å². The first kappa shape index (κ1) is 25.5. The number of aliphatic hydroxyl groups excluding tert-OH is 1. The number of aromatic amines is 1. The summed E-state index contributed by atoms with van der Waals surface area (Å²) < 4.78 is 11.4. The number of aliphatic hydroxyl groups is 1. The van der Waals surface area contributed by atoms with Gasteiger partial charge in [-0.15, -0.1) is 0 Å². The summed E-state index contributed by atoms with van der Waals surface area (Å²) in [6.45, 7) is 8.92. The van der Waals surface area contributed by atoms with Crippen LogP contribution in [0.4, 0.5) is 0 Å². The van der Waals surface area contributed by atoms with Crippen molar-refractivity contribution in [3.05, 3.63) is 52.9 Å². The Balaban J connectivity index is 1.34. The van der Waals surface area contributed by atoms with Gasteiger partial charge in [0.05, 0.1) is 37.6 Å². The Labute approximate surface area is 225 Å². The van der Waals surface area contributed by atoms with Crippen LogP contribution in [0.1, 0.15) is 74.6 Å². The van der Waals surface area contributed by atoms with Crippen LogP contribution < -0.4 is 0 Å². The summed E-state index contributed by atoms with van der Waals surface area (Å²) in [6, 6.07) is 7.91. The lowest BCUT2D eigenvalue weighted by Crippen LogP contribution is -2.51. The van der Waals surface area contributed by atoms with Crippen LogP contribution in [0.5, 0.6) is 0 Å². The van der Waals surface area contributed by atoms with E-state index in [0.717, 1.165) is 68.3 Å². The van der Waals surface area contributed by atoms with Gasteiger partial charge in [0.15, 0.2) is 0 Å². The molecule has 0 amide bonds. The van der Waals surface area contributed by atoms with Crippen molar-refractivity contribution in [3.63, 3.8) is 0 Å². The summed E-state index contributed by atoms with van der Waals surface area (Å²) in [5, 5.41) is 10.8. The van der Waals surface area contributed by atoms with E-state index in [0.29, 0.717) is 17.9 Å². The zero-order valence-corrected chi connectivity index (χ0v) is 22.7. The summed E-state index contributed by atoms with van der Waals surface area (Å²) in [6.07, 6.45) is 11.2. The highest BCUT2D eigenvalue weighted by Crippen LogP contribution is 2.38. The summed E-state index contributed by atoms with van der Waals surface area (Å²) in [5.74, 6) is 1.70.